The third-order valence-corrected chi connectivity index (χ3v) is 2.97. The summed E-state index contributed by atoms with van der Waals surface area (Å²) in [6.45, 7) is 10.1. The van der Waals surface area contributed by atoms with Crippen molar-refractivity contribution < 1.29 is 4.79 Å². The number of ketones is 1. The van der Waals surface area contributed by atoms with E-state index in [-0.39, 0.29) is 11.2 Å². The van der Waals surface area contributed by atoms with Gasteiger partial charge in [-0.3, -0.25) is 4.79 Å². The van der Waals surface area contributed by atoms with E-state index in [2.05, 4.69) is 57.3 Å². The zero-order chi connectivity index (χ0) is 13.6. The highest BCUT2D eigenvalue weighted by Gasteiger charge is 2.13. The topological polar surface area (TPSA) is 29.1 Å². The van der Waals surface area contributed by atoms with Gasteiger partial charge in [0.25, 0.3) is 0 Å². The fourth-order valence-electron chi connectivity index (χ4n) is 1.82. The van der Waals surface area contributed by atoms with E-state index < -0.39 is 0 Å². The molecule has 0 saturated heterocycles. The predicted octanol–water partition coefficient (Wildman–Crippen LogP) is 3.10. The molecule has 2 nitrogen and oxygen atoms in total. The largest absolute Gasteiger partial charge is 0.310 e. The Labute approximate surface area is 111 Å². The minimum Gasteiger partial charge on any atom is -0.310 e. The number of rotatable bonds is 6. The van der Waals surface area contributed by atoms with Crippen LogP contribution in [0.1, 0.15) is 45.2 Å². The highest BCUT2D eigenvalue weighted by molar-refractivity contribution is 5.82. The van der Waals surface area contributed by atoms with Gasteiger partial charge in [0.05, 0.1) is 6.54 Å². The van der Waals surface area contributed by atoms with Gasteiger partial charge in [-0.05, 0) is 29.5 Å². The molecule has 1 rings (SSSR count). The second-order valence-electron chi connectivity index (χ2n) is 5.84. The summed E-state index contributed by atoms with van der Waals surface area (Å²) in [5, 5.41) is 3.14. The number of carbonyl (C=O) groups excluding carboxylic acids is 1. The van der Waals surface area contributed by atoms with Crippen molar-refractivity contribution >= 4 is 5.78 Å². The summed E-state index contributed by atoms with van der Waals surface area (Å²) in [5.74, 6) is 0.256. The summed E-state index contributed by atoms with van der Waals surface area (Å²) in [6, 6.07) is 8.39. The van der Waals surface area contributed by atoms with E-state index in [9.17, 15) is 4.79 Å². The molecule has 0 spiro atoms. The van der Waals surface area contributed by atoms with Crippen LogP contribution < -0.4 is 5.32 Å². The summed E-state index contributed by atoms with van der Waals surface area (Å²) in [7, 11) is 0. The van der Waals surface area contributed by atoms with Crippen LogP contribution in [0.4, 0.5) is 0 Å². The van der Waals surface area contributed by atoms with Crippen molar-refractivity contribution in [3.05, 3.63) is 35.4 Å². The molecule has 0 fully saturated rings. The van der Waals surface area contributed by atoms with Crippen molar-refractivity contribution in [1.82, 2.24) is 5.32 Å². The molecule has 2 heteroatoms. The third-order valence-electron chi connectivity index (χ3n) is 2.97. The summed E-state index contributed by atoms with van der Waals surface area (Å²) >= 11 is 0. The van der Waals surface area contributed by atoms with E-state index >= 15 is 0 Å². The summed E-state index contributed by atoms with van der Waals surface area (Å²) in [5.41, 5.74) is 2.58. The normalized spacial score (nSPS) is 11.6. The molecule has 0 aliphatic heterocycles. The molecule has 0 bridgehead atoms. The Bertz CT molecular complexity index is 373. The van der Waals surface area contributed by atoms with Gasteiger partial charge in [0.1, 0.15) is 0 Å². The van der Waals surface area contributed by atoms with E-state index in [1.54, 1.807) is 0 Å². The van der Waals surface area contributed by atoms with Gasteiger partial charge >= 0.3 is 0 Å². The third kappa shape index (κ3) is 5.01. The number of hydrogen-bond donors (Lipinski definition) is 1. The Morgan fingerprint density at radius 2 is 1.78 bits per heavy atom. The SMILES string of the molecule is CCCNCC(=O)Cc1ccc(C(C)(C)C)cc1. The number of carbonyl (C=O) groups is 1. The average Bonchev–Trinajstić information content (AvgIpc) is 2.29. The average molecular weight is 247 g/mol. The van der Waals surface area contributed by atoms with Crippen LogP contribution in [0.15, 0.2) is 24.3 Å². The Morgan fingerprint density at radius 3 is 2.28 bits per heavy atom. The van der Waals surface area contributed by atoms with Crippen LogP contribution in [0.3, 0.4) is 0 Å². The Hall–Kier alpha value is -1.15. The molecule has 1 aromatic rings. The molecule has 0 aromatic heterocycles. The van der Waals surface area contributed by atoms with Crippen molar-refractivity contribution in [2.75, 3.05) is 13.1 Å². The maximum Gasteiger partial charge on any atom is 0.150 e. The van der Waals surface area contributed by atoms with Gasteiger partial charge in [0, 0.05) is 6.42 Å². The maximum atomic E-state index is 11.7. The number of benzene rings is 1. The van der Waals surface area contributed by atoms with E-state index in [4.69, 9.17) is 0 Å². The molecule has 0 radical (unpaired) electrons. The smallest absolute Gasteiger partial charge is 0.150 e. The van der Waals surface area contributed by atoms with Crippen LogP contribution in [0.5, 0.6) is 0 Å². The lowest BCUT2D eigenvalue weighted by Gasteiger charge is -2.19. The van der Waals surface area contributed by atoms with Crippen LogP contribution in [-0.4, -0.2) is 18.9 Å². The first-order chi connectivity index (χ1) is 8.43. The molecule has 0 aliphatic rings. The standard InChI is InChI=1S/C16H25NO/c1-5-10-17-12-15(18)11-13-6-8-14(9-7-13)16(2,3)4/h6-9,17H,5,10-12H2,1-4H3. The van der Waals surface area contributed by atoms with Crippen LogP contribution >= 0.6 is 0 Å². The van der Waals surface area contributed by atoms with E-state index in [1.165, 1.54) is 5.56 Å². The first kappa shape index (κ1) is 14.9. The molecule has 0 aliphatic carbocycles. The van der Waals surface area contributed by atoms with Crippen molar-refractivity contribution in [2.45, 2.75) is 46.0 Å². The van der Waals surface area contributed by atoms with E-state index in [0.717, 1.165) is 18.5 Å². The summed E-state index contributed by atoms with van der Waals surface area (Å²) in [4.78, 5) is 11.7. The number of hydrogen-bond acceptors (Lipinski definition) is 2. The van der Waals surface area contributed by atoms with Crippen molar-refractivity contribution in [3.8, 4) is 0 Å². The monoisotopic (exact) mass is 247 g/mol. The Balaban J connectivity index is 2.51. The quantitative estimate of drug-likeness (QED) is 0.783. The van der Waals surface area contributed by atoms with Crippen molar-refractivity contribution in [3.63, 3.8) is 0 Å². The van der Waals surface area contributed by atoms with Crippen LogP contribution in [0.2, 0.25) is 0 Å². The molecule has 1 N–H and O–H groups in total. The summed E-state index contributed by atoms with van der Waals surface area (Å²) in [6.07, 6.45) is 1.59. The molecule has 0 heterocycles. The highest BCUT2D eigenvalue weighted by Crippen LogP contribution is 2.22. The first-order valence-electron chi connectivity index (χ1n) is 6.75. The van der Waals surface area contributed by atoms with Gasteiger partial charge in [-0.2, -0.15) is 0 Å². The predicted molar refractivity (Wildman–Crippen MR) is 77.0 cm³/mol. The molecule has 1 aromatic carbocycles. The van der Waals surface area contributed by atoms with Gasteiger partial charge in [-0.1, -0.05) is 52.0 Å². The van der Waals surface area contributed by atoms with Gasteiger partial charge < -0.3 is 5.32 Å². The van der Waals surface area contributed by atoms with Gasteiger partial charge in [-0.15, -0.1) is 0 Å². The highest BCUT2D eigenvalue weighted by atomic mass is 16.1. The minimum atomic E-state index is 0.172. The van der Waals surface area contributed by atoms with Crippen LogP contribution in [-0.2, 0) is 16.6 Å². The molecule has 100 valence electrons. The van der Waals surface area contributed by atoms with Crippen LogP contribution in [0.25, 0.3) is 0 Å². The minimum absolute atomic E-state index is 0.172. The van der Waals surface area contributed by atoms with Crippen LogP contribution in [0, 0.1) is 0 Å². The van der Waals surface area contributed by atoms with Crippen molar-refractivity contribution in [2.24, 2.45) is 0 Å². The van der Waals surface area contributed by atoms with Crippen molar-refractivity contribution in [1.29, 1.82) is 0 Å². The maximum absolute atomic E-state index is 11.7. The first-order valence-corrected chi connectivity index (χ1v) is 6.75. The second-order valence-corrected chi connectivity index (χ2v) is 5.84. The molecule has 0 saturated carbocycles. The summed E-state index contributed by atoms with van der Waals surface area (Å²) < 4.78 is 0. The number of Topliss-reactive ketones (excluding diaryl/α,β-unsaturated/α-hetero) is 1. The van der Waals surface area contributed by atoms with E-state index in [1.807, 2.05) is 0 Å². The lowest BCUT2D eigenvalue weighted by atomic mass is 9.86. The number of nitrogens with one attached hydrogen (secondary N) is 1. The lowest BCUT2D eigenvalue weighted by Crippen LogP contribution is -2.24. The fourth-order valence-corrected chi connectivity index (χ4v) is 1.82. The fraction of sp³-hybridized carbons (Fsp3) is 0.562. The van der Waals surface area contributed by atoms with Gasteiger partial charge in [0.2, 0.25) is 0 Å². The Kier molecular flexibility index (Phi) is 5.54. The molecular weight excluding hydrogens is 222 g/mol. The lowest BCUT2D eigenvalue weighted by molar-refractivity contribution is -0.117. The van der Waals surface area contributed by atoms with Gasteiger partial charge in [-0.25, -0.2) is 0 Å². The molecular formula is C16H25NO. The van der Waals surface area contributed by atoms with Gasteiger partial charge in [0.15, 0.2) is 5.78 Å². The molecule has 0 unspecified atom stereocenters. The molecule has 0 amide bonds. The molecule has 18 heavy (non-hydrogen) atoms. The van der Waals surface area contributed by atoms with E-state index in [0.29, 0.717) is 13.0 Å². The Morgan fingerprint density at radius 1 is 1.17 bits per heavy atom. The zero-order valence-electron chi connectivity index (χ0n) is 12.0. The molecule has 0 atom stereocenters. The zero-order valence-corrected chi connectivity index (χ0v) is 12.0. The second kappa shape index (κ2) is 6.69.